The standard InChI is InChI=1S/C18H21NO3S/c1-14(2)22-16-8-10-17(11-9-16)23(20,21)19-18(12-13-18)15-6-4-3-5-7-15/h3-11,14,19H,12-13H2,1-2H3. The summed E-state index contributed by atoms with van der Waals surface area (Å²) in [6.07, 6.45) is 1.71. The Morgan fingerprint density at radius 1 is 1.00 bits per heavy atom. The van der Waals surface area contributed by atoms with Crippen LogP contribution < -0.4 is 9.46 Å². The van der Waals surface area contributed by atoms with Crippen LogP contribution in [0.25, 0.3) is 0 Å². The first kappa shape index (κ1) is 16.0. The Balaban J connectivity index is 1.80. The zero-order valence-electron chi connectivity index (χ0n) is 13.3. The molecule has 0 radical (unpaired) electrons. The number of hydrogen-bond donors (Lipinski definition) is 1. The highest BCUT2D eigenvalue weighted by atomic mass is 32.2. The monoisotopic (exact) mass is 331 g/mol. The number of rotatable bonds is 6. The maximum Gasteiger partial charge on any atom is 0.241 e. The molecule has 0 heterocycles. The summed E-state index contributed by atoms with van der Waals surface area (Å²) < 4.78 is 33.7. The van der Waals surface area contributed by atoms with Gasteiger partial charge >= 0.3 is 0 Å². The molecule has 0 aliphatic heterocycles. The molecule has 122 valence electrons. The molecule has 0 atom stereocenters. The lowest BCUT2D eigenvalue weighted by Gasteiger charge is -2.18. The van der Waals surface area contributed by atoms with Crippen molar-refractivity contribution >= 4 is 10.0 Å². The fourth-order valence-corrected chi connectivity index (χ4v) is 4.07. The minimum atomic E-state index is -3.55. The molecule has 0 saturated heterocycles. The molecular formula is C18H21NO3S. The first-order chi connectivity index (χ1) is 10.9. The number of hydrogen-bond acceptors (Lipinski definition) is 3. The second-order valence-corrected chi connectivity index (χ2v) is 7.87. The molecule has 0 unspecified atom stereocenters. The van der Waals surface area contributed by atoms with Gasteiger partial charge in [-0.25, -0.2) is 13.1 Å². The summed E-state index contributed by atoms with van der Waals surface area (Å²) in [5.41, 5.74) is 0.566. The van der Waals surface area contributed by atoms with E-state index in [0.717, 1.165) is 18.4 Å². The molecule has 2 aromatic rings. The third kappa shape index (κ3) is 3.57. The van der Waals surface area contributed by atoms with Crippen LogP contribution in [0.4, 0.5) is 0 Å². The van der Waals surface area contributed by atoms with Gasteiger partial charge in [0.1, 0.15) is 5.75 Å². The van der Waals surface area contributed by atoms with Gasteiger partial charge in [-0.2, -0.15) is 0 Å². The fraction of sp³-hybridized carbons (Fsp3) is 0.333. The van der Waals surface area contributed by atoms with E-state index in [2.05, 4.69) is 4.72 Å². The molecule has 1 aliphatic rings. The summed E-state index contributed by atoms with van der Waals surface area (Å²) in [4.78, 5) is 0.260. The van der Waals surface area contributed by atoms with Crippen molar-refractivity contribution in [2.75, 3.05) is 0 Å². The van der Waals surface area contributed by atoms with Gasteiger partial charge in [-0.05, 0) is 56.5 Å². The quantitative estimate of drug-likeness (QED) is 0.882. The van der Waals surface area contributed by atoms with Crippen molar-refractivity contribution in [2.45, 2.75) is 43.2 Å². The smallest absolute Gasteiger partial charge is 0.241 e. The third-order valence-corrected chi connectivity index (χ3v) is 5.46. The second kappa shape index (κ2) is 5.98. The van der Waals surface area contributed by atoms with Crippen molar-refractivity contribution < 1.29 is 13.2 Å². The van der Waals surface area contributed by atoms with Gasteiger partial charge in [0.25, 0.3) is 0 Å². The van der Waals surface area contributed by atoms with Gasteiger partial charge in [0.2, 0.25) is 10.0 Å². The molecule has 0 aromatic heterocycles. The van der Waals surface area contributed by atoms with Gasteiger partial charge in [-0.1, -0.05) is 30.3 Å². The SMILES string of the molecule is CC(C)Oc1ccc(S(=O)(=O)NC2(c3ccccc3)CC2)cc1. The highest BCUT2D eigenvalue weighted by Crippen LogP contribution is 2.46. The first-order valence-corrected chi connectivity index (χ1v) is 9.26. The van der Waals surface area contributed by atoms with Crippen LogP contribution in [-0.4, -0.2) is 14.5 Å². The van der Waals surface area contributed by atoms with E-state index in [1.165, 1.54) is 0 Å². The first-order valence-electron chi connectivity index (χ1n) is 7.78. The Bertz CT molecular complexity index is 764. The van der Waals surface area contributed by atoms with Gasteiger partial charge < -0.3 is 4.74 Å². The number of nitrogens with one attached hydrogen (secondary N) is 1. The molecule has 3 rings (SSSR count). The number of sulfonamides is 1. The molecule has 0 spiro atoms. The Kier molecular flexibility index (Phi) is 4.17. The topological polar surface area (TPSA) is 55.4 Å². The summed E-state index contributed by atoms with van der Waals surface area (Å²) >= 11 is 0. The molecule has 0 bridgehead atoms. The average Bonchev–Trinajstić information content (AvgIpc) is 3.28. The molecule has 4 nitrogen and oxygen atoms in total. The van der Waals surface area contributed by atoms with E-state index in [4.69, 9.17) is 4.74 Å². The van der Waals surface area contributed by atoms with Crippen molar-refractivity contribution in [2.24, 2.45) is 0 Å². The van der Waals surface area contributed by atoms with E-state index < -0.39 is 15.6 Å². The van der Waals surface area contributed by atoms with E-state index in [9.17, 15) is 8.42 Å². The summed E-state index contributed by atoms with van der Waals surface area (Å²) in [5.74, 6) is 0.670. The molecular weight excluding hydrogens is 310 g/mol. The van der Waals surface area contributed by atoms with Gasteiger partial charge in [0.15, 0.2) is 0 Å². The molecule has 0 amide bonds. The van der Waals surface area contributed by atoms with Gasteiger partial charge in [0.05, 0.1) is 16.5 Å². The molecule has 1 N–H and O–H groups in total. The van der Waals surface area contributed by atoms with Crippen LogP contribution in [0.1, 0.15) is 32.3 Å². The Hall–Kier alpha value is -1.85. The molecule has 1 fully saturated rings. The zero-order chi connectivity index (χ0) is 16.5. The minimum Gasteiger partial charge on any atom is -0.491 e. The zero-order valence-corrected chi connectivity index (χ0v) is 14.1. The van der Waals surface area contributed by atoms with E-state index in [0.29, 0.717) is 5.75 Å². The van der Waals surface area contributed by atoms with E-state index in [-0.39, 0.29) is 11.0 Å². The predicted octanol–water partition coefficient (Wildman–Crippen LogP) is 3.44. The van der Waals surface area contributed by atoms with Crippen molar-refractivity contribution in [3.05, 3.63) is 60.2 Å². The highest BCUT2D eigenvalue weighted by Gasteiger charge is 2.47. The lowest BCUT2D eigenvalue weighted by atomic mass is 10.1. The van der Waals surface area contributed by atoms with Gasteiger partial charge in [0, 0.05) is 0 Å². The summed E-state index contributed by atoms with van der Waals surface area (Å²) in [5, 5.41) is 0. The van der Waals surface area contributed by atoms with Crippen LogP contribution in [0.15, 0.2) is 59.5 Å². The maximum atomic E-state index is 12.6. The lowest BCUT2D eigenvalue weighted by molar-refractivity contribution is 0.242. The van der Waals surface area contributed by atoms with Crippen LogP contribution in [-0.2, 0) is 15.6 Å². The van der Waals surface area contributed by atoms with Crippen molar-refractivity contribution in [3.63, 3.8) is 0 Å². The van der Waals surface area contributed by atoms with Crippen molar-refractivity contribution in [1.82, 2.24) is 4.72 Å². The van der Waals surface area contributed by atoms with Crippen LogP contribution in [0.3, 0.4) is 0 Å². The number of ether oxygens (including phenoxy) is 1. The minimum absolute atomic E-state index is 0.0587. The van der Waals surface area contributed by atoms with Crippen molar-refractivity contribution in [3.8, 4) is 5.75 Å². The average molecular weight is 331 g/mol. The van der Waals surface area contributed by atoms with Crippen molar-refractivity contribution in [1.29, 1.82) is 0 Å². The Labute approximate surface area is 137 Å². The van der Waals surface area contributed by atoms with E-state index in [1.54, 1.807) is 24.3 Å². The Morgan fingerprint density at radius 2 is 1.61 bits per heavy atom. The van der Waals surface area contributed by atoms with Gasteiger partial charge in [-0.15, -0.1) is 0 Å². The molecule has 23 heavy (non-hydrogen) atoms. The van der Waals surface area contributed by atoms with Crippen LogP contribution in [0.5, 0.6) is 5.75 Å². The lowest BCUT2D eigenvalue weighted by Crippen LogP contribution is -2.34. The molecule has 2 aromatic carbocycles. The summed E-state index contributed by atoms with van der Waals surface area (Å²) in [6.45, 7) is 3.87. The molecule has 5 heteroatoms. The third-order valence-electron chi connectivity index (χ3n) is 3.91. The molecule has 1 saturated carbocycles. The predicted molar refractivity (Wildman–Crippen MR) is 89.9 cm³/mol. The second-order valence-electron chi connectivity index (χ2n) is 6.19. The summed E-state index contributed by atoms with van der Waals surface area (Å²) in [6, 6.07) is 16.3. The number of benzene rings is 2. The largest absolute Gasteiger partial charge is 0.491 e. The van der Waals surface area contributed by atoms with Crippen LogP contribution in [0.2, 0.25) is 0 Å². The van der Waals surface area contributed by atoms with Gasteiger partial charge in [-0.3, -0.25) is 0 Å². The Morgan fingerprint density at radius 3 is 2.13 bits per heavy atom. The van der Waals surface area contributed by atoms with E-state index >= 15 is 0 Å². The van der Waals surface area contributed by atoms with Crippen LogP contribution in [0, 0.1) is 0 Å². The highest BCUT2D eigenvalue weighted by molar-refractivity contribution is 7.89. The normalized spacial score (nSPS) is 16.3. The summed E-state index contributed by atoms with van der Waals surface area (Å²) in [7, 11) is -3.55. The molecule has 1 aliphatic carbocycles. The van der Waals surface area contributed by atoms with Crippen LogP contribution >= 0.6 is 0 Å². The maximum absolute atomic E-state index is 12.6. The van der Waals surface area contributed by atoms with E-state index in [1.807, 2.05) is 44.2 Å². The fourth-order valence-electron chi connectivity index (χ4n) is 2.62.